The van der Waals surface area contributed by atoms with Crippen LogP contribution in [-0.4, -0.2) is 43.0 Å². The molecule has 0 spiro atoms. The lowest BCUT2D eigenvalue weighted by molar-refractivity contribution is 0.100. The van der Waals surface area contributed by atoms with Crippen molar-refractivity contribution in [1.82, 2.24) is 25.0 Å². The van der Waals surface area contributed by atoms with E-state index in [1.165, 1.54) is 17.2 Å². The number of nitrogens with two attached hydrogens (primary N) is 2. The van der Waals surface area contributed by atoms with Crippen LogP contribution in [0.5, 0.6) is 0 Å². The Morgan fingerprint density at radius 3 is 2.63 bits per heavy atom. The molecule has 2 atom stereocenters. The second kappa shape index (κ2) is 8.41. The summed E-state index contributed by atoms with van der Waals surface area (Å²) in [4.78, 5) is 21.7. The van der Waals surface area contributed by atoms with Crippen molar-refractivity contribution >= 4 is 23.2 Å². The summed E-state index contributed by atoms with van der Waals surface area (Å²) in [6, 6.07) is 4.24. The lowest BCUT2D eigenvalue weighted by Gasteiger charge is -2.30. The highest BCUT2D eigenvalue weighted by Gasteiger charge is 2.24. The van der Waals surface area contributed by atoms with Crippen LogP contribution in [0.4, 0.5) is 21.7 Å². The summed E-state index contributed by atoms with van der Waals surface area (Å²) in [6.07, 6.45) is 8.37. The predicted octanol–water partition coefficient (Wildman–Crippen LogP) is 1.72. The van der Waals surface area contributed by atoms with Crippen LogP contribution >= 0.6 is 0 Å². The fraction of sp³-hybridized carbons (Fsp3) is 0.316. The molecular weight excluding hydrogens is 389 g/mol. The molecule has 1 amide bonds. The Balaban J connectivity index is 1.64. The summed E-state index contributed by atoms with van der Waals surface area (Å²) in [5.74, 6) is -0.857. The number of amides is 1. The summed E-state index contributed by atoms with van der Waals surface area (Å²) in [7, 11) is 0. The topological polar surface area (TPSA) is 150 Å². The first-order valence-electron chi connectivity index (χ1n) is 9.63. The van der Waals surface area contributed by atoms with E-state index in [4.69, 9.17) is 11.5 Å². The van der Waals surface area contributed by atoms with Crippen molar-refractivity contribution < 1.29 is 9.18 Å². The molecule has 0 unspecified atom stereocenters. The van der Waals surface area contributed by atoms with Gasteiger partial charge in [0.1, 0.15) is 5.82 Å². The highest BCUT2D eigenvalue weighted by atomic mass is 19.1. The zero-order valence-electron chi connectivity index (χ0n) is 16.1. The van der Waals surface area contributed by atoms with Gasteiger partial charge in [-0.2, -0.15) is 10.2 Å². The van der Waals surface area contributed by atoms with Gasteiger partial charge in [0.05, 0.1) is 18.0 Å². The number of primary amides is 1. The van der Waals surface area contributed by atoms with Crippen molar-refractivity contribution in [3.8, 4) is 5.82 Å². The number of rotatable bonds is 6. The van der Waals surface area contributed by atoms with Crippen LogP contribution in [0.3, 0.4) is 0 Å². The molecule has 0 radical (unpaired) electrons. The number of pyridine rings is 2. The fourth-order valence-corrected chi connectivity index (χ4v) is 3.46. The van der Waals surface area contributed by atoms with Gasteiger partial charge in [0.2, 0.25) is 0 Å². The molecule has 1 aliphatic carbocycles. The number of hydrogen-bond acceptors (Lipinski definition) is 8. The van der Waals surface area contributed by atoms with Crippen molar-refractivity contribution in [3.63, 3.8) is 0 Å². The predicted molar refractivity (Wildman–Crippen MR) is 109 cm³/mol. The van der Waals surface area contributed by atoms with Crippen molar-refractivity contribution in [2.75, 3.05) is 10.6 Å². The van der Waals surface area contributed by atoms with Crippen LogP contribution in [-0.2, 0) is 0 Å². The number of halogens is 1. The fourth-order valence-electron chi connectivity index (χ4n) is 3.46. The van der Waals surface area contributed by atoms with Gasteiger partial charge < -0.3 is 22.1 Å². The van der Waals surface area contributed by atoms with Crippen LogP contribution in [0.2, 0.25) is 0 Å². The molecule has 3 aromatic heterocycles. The largest absolute Gasteiger partial charge is 0.365 e. The molecule has 0 saturated heterocycles. The Kier molecular flexibility index (Phi) is 5.53. The van der Waals surface area contributed by atoms with Crippen LogP contribution in [0.1, 0.15) is 36.0 Å². The van der Waals surface area contributed by atoms with Gasteiger partial charge in [-0.05, 0) is 25.0 Å². The van der Waals surface area contributed by atoms with E-state index in [-0.39, 0.29) is 29.3 Å². The van der Waals surface area contributed by atoms with Crippen molar-refractivity contribution in [1.29, 1.82) is 0 Å². The second-order valence-corrected chi connectivity index (χ2v) is 7.12. The van der Waals surface area contributed by atoms with E-state index >= 15 is 0 Å². The number of aromatic nitrogens is 5. The SMILES string of the molecule is NC(=O)c1cc(F)c(N[C@@H]2CCCC[C@@H]2N)nc1Nc1ccnc(-n2nccn2)c1. The summed E-state index contributed by atoms with van der Waals surface area (Å²) in [6.45, 7) is 0. The van der Waals surface area contributed by atoms with E-state index in [9.17, 15) is 9.18 Å². The van der Waals surface area contributed by atoms with Gasteiger partial charge in [0, 0.05) is 30.0 Å². The molecular formula is C19H22FN9O. The Morgan fingerprint density at radius 2 is 1.90 bits per heavy atom. The Labute approximate surface area is 171 Å². The highest BCUT2D eigenvalue weighted by Crippen LogP contribution is 2.27. The third kappa shape index (κ3) is 4.20. The molecule has 3 heterocycles. The highest BCUT2D eigenvalue weighted by molar-refractivity contribution is 5.98. The van der Waals surface area contributed by atoms with Crippen molar-refractivity contribution in [3.05, 3.63) is 48.2 Å². The molecule has 11 heteroatoms. The van der Waals surface area contributed by atoms with E-state index in [0.29, 0.717) is 11.5 Å². The van der Waals surface area contributed by atoms with E-state index < -0.39 is 11.7 Å². The summed E-state index contributed by atoms with van der Waals surface area (Å²) in [5, 5.41) is 14.2. The first kappa shape index (κ1) is 19.7. The number of hydrogen-bond donors (Lipinski definition) is 4. The van der Waals surface area contributed by atoms with Gasteiger partial charge in [0.25, 0.3) is 5.91 Å². The summed E-state index contributed by atoms with van der Waals surface area (Å²) >= 11 is 0. The number of nitrogens with one attached hydrogen (secondary N) is 2. The lowest BCUT2D eigenvalue weighted by atomic mass is 9.91. The van der Waals surface area contributed by atoms with Gasteiger partial charge in [-0.3, -0.25) is 4.79 Å². The molecule has 156 valence electrons. The van der Waals surface area contributed by atoms with E-state index in [0.717, 1.165) is 31.7 Å². The number of carbonyl (C=O) groups is 1. The minimum Gasteiger partial charge on any atom is -0.365 e. The normalized spacial score (nSPS) is 18.7. The van der Waals surface area contributed by atoms with E-state index in [2.05, 4.69) is 30.8 Å². The Hall–Kier alpha value is -3.60. The number of anilines is 3. The first-order chi connectivity index (χ1) is 14.5. The minimum atomic E-state index is -0.798. The third-order valence-electron chi connectivity index (χ3n) is 5.01. The number of nitrogens with zero attached hydrogens (tertiary/aromatic N) is 5. The number of carbonyl (C=O) groups excluding carboxylic acids is 1. The Morgan fingerprint density at radius 1 is 1.13 bits per heavy atom. The maximum atomic E-state index is 14.6. The zero-order valence-corrected chi connectivity index (χ0v) is 16.1. The zero-order chi connectivity index (χ0) is 21.1. The smallest absolute Gasteiger partial charge is 0.252 e. The van der Waals surface area contributed by atoms with Gasteiger partial charge in [-0.25, -0.2) is 14.4 Å². The molecule has 10 nitrogen and oxygen atoms in total. The monoisotopic (exact) mass is 411 g/mol. The lowest BCUT2D eigenvalue weighted by Crippen LogP contribution is -2.43. The van der Waals surface area contributed by atoms with Crippen LogP contribution in [0.15, 0.2) is 36.8 Å². The second-order valence-electron chi connectivity index (χ2n) is 7.12. The van der Waals surface area contributed by atoms with Crippen LogP contribution in [0.25, 0.3) is 5.82 Å². The average molecular weight is 411 g/mol. The molecule has 1 fully saturated rings. The minimum absolute atomic E-state index is 0.0212. The first-order valence-corrected chi connectivity index (χ1v) is 9.63. The summed E-state index contributed by atoms with van der Waals surface area (Å²) < 4.78 is 14.6. The van der Waals surface area contributed by atoms with Crippen molar-refractivity contribution in [2.24, 2.45) is 11.5 Å². The average Bonchev–Trinajstić information content (AvgIpc) is 3.27. The van der Waals surface area contributed by atoms with Crippen molar-refractivity contribution in [2.45, 2.75) is 37.8 Å². The van der Waals surface area contributed by atoms with Crippen LogP contribution in [0, 0.1) is 5.82 Å². The molecule has 3 aromatic rings. The standard InChI is InChI=1S/C19H22FN9O/c20-13-10-12(17(22)30)18(28-19(13)27-15-4-2-1-3-14(15)21)26-11-5-6-23-16(9-11)29-24-7-8-25-29/h5-10,14-15H,1-4,21H2,(H2,22,30)(H2,23,26,27,28)/t14-,15+/m0/s1. The summed E-state index contributed by atoms with van der Waals surface area (Å²) in [5.41, 5.74) is 12.1. The molecule has 1 saturated carbocycles. The Bertz CT molecular complexity index is 1040. The van der Waals surface area contributed by atoms with Gasteiger partial charge in [0.15, 0.2) is 17.5 Å². The molecule has 0 aromatic carbocycles. The molecule has 6 N–H and O–H groups in total. The maximum Gasteiger partial charge on any atom is 0.252 e. The molecule has 1 aliphatic rings. The van der Waals surface area contributed by atoms with E-state index in [1.54, 1.807) is 18.3 Å². The quantitative estimate of drug-likeness (QED) is 0.479. The van der Waals surface area contributed by atoms with Gasteiger partial charge in [-0.1, -0.05) is 12.8 Å². The maximum absolute atomic E-state index is 14.6. The molecule has 30 heavy (non-hydrogen) atoms. The molecule has 0 bridgehead atoms. The van der Waals surface area contributed by atoms with E-state index in [1.807, 2.05) is 0 Å². The molecule has 0 aliphatic heterocycles. The third-order valence-corrected chi connectivity index (χ3v) is 5.01. The van der Waals surface area contributed by atoms with Gasteiger partial charge in [-0.15, -0.1) is 4.80 Å². The van der Waals surface area contributed by atoms with Gasteiger partial charge >= 0.3 is 0 Å². The molecule has 4 rings (SSSR count). The van der Waals surface area contributed by atoms with Crippen LogP contribution < -0.4 is 22.1 Å².